The van der Waals surface area contributed by atoms with Crippen LogP contribution in [0.25, 0.3) is 10.9 Å². The highest BCUT2D eigenvalue weighted by molar-refractivity contribution is 9.10. The summed E-state index contributed by atoms with van der Waals surface area (Å²) in [5.74, 6) is -0.404. The van der Waals surface area contributed by atoms with Crippen LogP contribution < -0.4 is 0 Å². The molecule has 90 valence electrons. The first-order valence-corrected chi connectivity index (χ1v) is 6.12. The quantitative estimate of drug-likeness (QED) is 0.801. The highest BCUT2D eigenvalue weighted by atomic mass is 79.9. The van der Waals surface area contributed by atoms with E-state index in [4.69, 9.17) is 4.74 Å². The molecule has 0 N–H and O–H groups in total. The third kappa shape index (κ3) is 1.95. The van der Waals surface area contributed by atoms with Gasteiger partial charge in [-0.3, -0.25) is 0 Å². The van der Waals surface area contributed by atoms with Crippen LogP contribution >= 0.6 is 15.9 Å². The van der Waals surface area contributed by atoms with Crippen LogP contribution in [0.2, 0.25) is 0 Å². The van der Waals surface area contributed by atoms with E-state index >= 15 is 0 Å². The molecule has 0 spiro atoms. The van der Waals surface area contributed by atoms with Crippen molar-refractivity contribution in [2.24, 2.45) is 0 Å². The molecular formula is C12H13BrN2O2. The Kier molecular flexibility index (Phi) is 3.19. The van der Waals surface area contributed by atoms with E-state index in [2.05, 4.69) is 20.9 Å². The molecule has 2 heterocycles. The number of rotatable bonds is 2. The summed E-state index contributed by atoms with van der Waals surface area (Å²) >= 11 is 3.48. The maximum Gasteiger partial charge on any atom is 0.358 e. The van der Waals surface area contributed by atoms with Gasteiger partial charge in [0.1, 0.15) is 0 Å². The summed E-state index contributed by atoms with van der Waals surface area (Å²) < 4.78 is 7.71. The standard InChI is InChI=1S/C12H13BrN2O2/c1-4-15-9(13)6-8-5-7(2)14-10(11(8)15)12(16)17-3/h5-6H,4H2,1-3H3. The molecule has 0 amide bonds. The number of hydrogen-bond acceptors (Lipinski definition) is 3. The lowest BCUT2D eigenvalue weighted by Crippen LogP contribution is -2.09. The molecule has 5 heteroatoms. The number of pyridine rings is 1. The molecule has 0 aromatic carbocycles. The van der Waals surface area contributed by atoms with Crippen molar-refractivity contribution in [1.82, 2.24) is 9.55 Å². The second-order valence-electron chi connectivity index (χ2n) is 3.75. The molecule has 0 saturated heterocycles. The fourth-order valence-electron chi connectivity index (χ4n) is 1.95. The Morgan fingerprint density at radius 2 is 2.24 bits per heavy atom. The Bertz CT molecular complexity index is 590. The molecule has 0 radical (unpaired) electrons. The van der Waals surface area contributed by atoms with E-state index in [0.29, 0.717) is 5.69 Å². The monoisotopic (exact) mass is 296 g/mol. The molecule has 0 bridgehead atoms. The van der Waals surface area contributed by atoms with Crippen LogP contribution in [-0.2, 0) is 11.3 Å². The maximum atomic E-state index is 11.7. The van der Waals surface area contributed by atoms with Gasteiger partial charge in [0.25, 0.3) is 0 Å². The third-order valence-electron chi connectivity index (χ3n) is 2.65. The van der Waals surface area contributed by atoms with Gasteiger partial charge in [0.05, 0.1) is 17.2 Å². The van der Waals surface area contributed by atoms with E-state index in [-0.39, 0.29) is 0 Å². The number of carbonyl (C=O) groups excluding carboxylic acids is 1. The van der Waals surface area contributed by atoms with Gasteiger partial charge in [-0.25, -0.2) is 9.78 Å². The van der Waals surface area contributed by atoms with Gasteiger partial charge in [0.15, 0.2) is 5.69 Å². The normalized spacial score (nSPS) is 10.8. The fraction of sp³-hybridized carbons (Fsp3) is 0.333. The number of halogens is 1. The lowest BCUT2D eigenvalue weighted by molar-refractivity contribution is 0.0596. The molecule has 0 fully saturated rings. The van der Waals surface area contributed by atoms with Gasteiger partial charge in [0, 0.05) is 17.6 Å². The zero-order chi connectivity index (χ0) is 12.6. The number of ether oxygens (including phenoxy) is 1. The predicted molar refractivity (Wildman–Crippen MR) is 69.2 cm³/mol. The molecule has 0 atom stereocenters. The molecule has 2 aromatic rings. The fourth-order valence-corrected chi connectivity index (χ4v) is 2.62. The number of aromatic nitrogens is 2. The van der Waals surface area contributed by atoms with Gasteiger partial charge < -0.3 is 9.30 Å². The molecule has 2 aromatic heterocycles. The largest absolute Gasteiger partial charge is 0.464 e. The number of carbonyl (C=O) groups is 1. The molecule has 0 aliphatic rings. The van der Waals surface area contributed by atoms with E-state index in [0.717, 1.165) is 27.7 Å². The van der Waals surface area contributed by atoms with Crippen molar-refractivity contribution in [3.05, 3.63) is 28.1 Å². The Balaban J connectivity index is 2.84. The second kappa shape index (κ2) is 4.49. The number of hydrogen-bond donors (Lipinski definition) is 0. The van der Waals surface area contributed by atoms with E-state index < -0.39 is 5.97 Å². The highest BCUT2D eigenvalue weighted by Gasteiger charge is 2.18. The first-order chi connectivity index (χ1) is 8.08. The van der Waals surface area contributed by atoms with Crippen molar-refractivity contribution in [3.8, 4) is 0 Å². The van der Waals surface area contributed by atoms with Crippen molar-refractivity contribution in [2.75, 3.05) is 7.11 Å². The lowest BCUT2D eigenvalue weighted by atomic mass is 10.2. The van der Waals surface area contributed by atoms with E-state index in [1.54, 1.807) is 0 Å². The van der Waals surface area contributed by atoms with Crippen LogP contribution in [0.5, 0.6) is 0 Å². The molecule has 17 heavy (non-hydrogen) atoms. The van der Waals surface area contributed by atoms with E-state index in [1.165, 1.54) is 7.11 Å². The summed E-state index contributed by atoms with van der Waals surface area (Å²) in [6, 6.07) is 3.94. The Labute approximate surface area is 108 Å². The van der Waals surface area contributed by atoms with Gasteiger partial charge in [-0.2, -0.15) is 0 Å². The smallest absolute Gasteiger partial charge is 0.358 e. The minimum absolute atomic E-state index is 0.370. The van der Waals surface area contributed by atoms with Crippen molar-refractivity contribution in [1.29, 1.82) is 0 Å². The summed E-state index contributed by atoms with van der Waals surface area (Å²) in [7, 11) is 1.37. The maximum absolute atomic E-state index is 11.7. The van der Waals surface area contributed by atoms with Crippen molar-refractivity contribution >= 4 is 32.8 Å². The lowest BCUT2D eigenvalue weighted by Gasteiger charge is -2.07. The van der Waals surface area contributed by atoms with Gasteiger partial charge in [-0.05, 0) is 41.9 Å². The molecule has 2 rings (SSSR count). The van der Waals surface area contributed by atoms with Crippen molar-refractivity contribution < 1.29 is 9.53 Å². The second-order valence-corrected chi connectivity index (χ2v) is 4.57. The number of esters is 1. The third-order valence-corrected chi connectivity index (χ3v) is 3.30. The number of methoxy groups -OCH3 is 1. The van der Waals surface area contributed by atoms with Crippen LogP contribution in [0, 0.1) is 6.92 Å². The summed E-state index contributed by atoms with van der Waals surface area (Å²) in [5, 5.41) is 0.992. The average Bonchev–Trinajstić information content (AvgIpc) is 2.62. The summed E-state index contributed by atoms with van der Waals surface area (Å²) in [6.07, 6.45) is 0. The van der Waals surface area contributed by atoms with E-state index in [1.807, 2.05) is 30.5 Å². The topological polar surface area (TPSA) is 44.1 Å². The van der Waals surface area contributed by atoms with Gasteiger partial charge >= 0.3 is 5.97 Å². The summed E-state index contributed by atoms with van der Waals surface area (Å²) in [6.45, 7) is 4.65. The Morgan fingerprint density at radius 3 is 2.82 bits per heavy atom. The highest BCUT2D eigenvalue weighted by Crippen LogP contribution is 2.27. The molecule has 0 aliphatic heterocycles. The minimum Gasteiger partial charge on any atom is -0.464 e. The Morgan fingerprint density at radius 1 is 1.53 bits per heavy atom. The SMILES string of the molecule is CCn1c(Br)cc2cc(C)nc(C(=O)OC)c21. The first kappa shape index (κ1) is 12.1. The van der Waals surface area contributed by atoms with Crippen LogP contribution in [0.3, 0.4) is 0 Å². The van der Waals surface area contributed by atoms with Crippen molar-refractivity contribution in [2.45, 2.75) is 20.4 Å². The first-order valence-electron chi connectivity index (χ1n) is 5.33. The molecule has 0 saturated carbocycles. The number of nitrogens with zero attached hydrogens (tertiary/aromatic N) is 2. The van der Waals surface area contributed by atoms with Gasteiger partial charge in [0.2, 0.25) is 0 Å². The van der Waals surface area contributed by atoms with Crippen LogP contribution in [0.15, 0.2) is 16.7 Å². The predicted octanol–water partition coefficient (Wildman–Crippen LogP) is 2.91. The van der Waals surface area contributed by atoms with E-state index in [9.17, 15) is 4.79 Å². The molecule has 0 aliphatic carbocycles. The minimum atomic E-state index is -0.404. The molecular weight excluding hydrogens is 284 g/mol. The summed E-state index contributed by atoms with van der Waals surface area (Å²) in [5.41, 5.74) is 1.99. The number of aryl methyl sites for hydroxylation is 2. The molecule has 4 nitrogen and oxygen atoms in total. The zero-order valence-electron chi connectivity index (χ0n) is 9.95. The molecule has 0 unspecified atom stereocenters. The zero-order valence-corrected chi connectivity index (χ0v) is 11.5. The van der Waals surface area contributed by atoms with Crippen molar-refractivity contribution in [3.63, 3.8) is 0 Å². The van der Waals surface area contributed by atoms with Gasteiger partial charge in [-0.1, -0.05) is 0 Å². The Hall–Kier alpha value is -1.36. The van der Waals surface area contributed by atoms with Crippen LogP contribution in [0.1, 0.15) is 23.1 Å². The summed E-state index contributed by atoms with van der Waals surface area (Å²) in [4.78, 5) is 16.0. The van der Waals surface area contributed by atoms with Crippen LogP contribution in [0.4, 0.5) is 0 Å². The number of fused-ring (bicyclic) bond motifs is 1. The van der Waals surface area contributed by atoms with Crippen LogP contribution in [-0.4, -0.2) is 22.6 Å². The van der Waals surface area contributed by atoms with Gasteiger partial charge in [-0.15, -0.1) is 0 Å². The average molecular weight is 297 g/mol.